The fourth-order valence-corrected chi connectivity index (χ4v) is 3.23. The van der Waals surface area contributed by atoms with E-state index in [1.54, 1.807) is 0 Å². The maximum absolute atomic E-state index is 12.0. The van der Waals surface area contributed by atoms with Gasteiger partial charge in [0.25, 0.3) is 0 Å². The summed E-state index contributed by atoms with van der Waals surface area (Å²) in [4.78, 5) is 0. The molecule has 0 aromatic carbocycles. The van der Waals surface area contributed by atoms with Crippen molar-refractivity contribution in [1.82, 2.24) is 0 Å². The second-order valence-electron chi connectivity index (χ2n) is 3.83. The lowest BCUT2D eigenvalue weighted by molar-refractivity contribution is -0.171. The molecular formula is C8H15F6NO2Si. The van der Waals surface area contributed by atoms with Gasteiger partial charge in [-0.3, -0.25) is 0 Å². The Labute approximate surface area is 101 Å². The first-order valence-electron chi connectivity index (χ1n) is 5.09. The summed E-state index contributed by atoms with van der Waals surface area (Å²) < 4.78 is 80.9. The van der Waals surface area contributed by atoms with E-state index >= 15 is 0 Å². The van der Waals surface area contributed by atoms with Crippen molar-refractivity contribution in [2.75, 3.05) is 19.8 Å². The molecule has 0 bridgehead atoms. The van der Waals surface area contributed by atoms with Crippen molar-refractivity contribution in [3.63, 3.8) is 0 Å². The van der Waals surface area contributed by atoms with Crippen molar-refractivity contribution in [1.29, 1.82) is 0 Å². The molecular weight excluding hydrogens is 284 g/mol. The van der Waals surface area contributed by atoms with Gasteiger partial charge in [-0.2, -0.15) is 26.3 Å². The monoisotopic (exact) mass is 299 g/mol. The van der Waals surface area contributed by atoms with Gasteiger partial charge in [-0.05, 0) is 25.6 Å². The van der Waals surface area contributed by atoms with Crippen LogP contribution in [0.15, 0.2) is 0 Å². The van der Waals surface area contributed by atoms with E-state index in [9.17, 15) is 26.3 Å². The molecule has 10 heteroatoms. The molecule has 0 amide bonds. The summed E-state index contributed by atoms with van der Waals surface area (Å²) in [5.74, 6) is 0. The summed E-state index contributed by atoms with van der Waals surface area (Å²) in [6.45, 7) is -1.91. The Balaban J connectivity index is 4.42. The van der Waals surface area contributed by atoms with Crippen molar-refractivity contribution < 1.29 is 35.2 Å². The van der Waals surface area contributed by atoms with Crippen molar-refractivity contribution in [3.8, 4) is 0 Å². The Bertz CT molecular complexity index is 227. The predicted molar refractivity (Wildman–Crippen MR) is 54.1 cm³/mol. The van der Waals surface area contributed by atoms with E-state index in [1.807, 2.05) is 0 Å². The highest BCUT2D eigenvalue weighted by Crippen LogP contribution is 2.24. The van der Waals surface area contributed by atoms with E-state index in [4.69, 9.17) is 5.73 Å². The van der Waals surface area contributed by atoms with Crippen LogP contribution in [0.4, 0.5) is 26.3 Å². The maximum atomic E-state index is 12.0. The van der Waals surface area contributed by atoms with Crippen LogP contribution in [0.25, 0.3) is 0 Å². The van der Waals surface area contributed by atoms with Gasteiger partial charge in [-0.15, -0.1) is 0 Å². The Morgan fingerprint density at radius 1 is 0.944 bits per heavy atom. The average molecular weight is 299 g/mol. The Morgan fingerprint density at radius 2 is 1.33 bits per heavy atom. The highest BCUT2D eigenvalue weighted by atomic mass is 28.4. The summed E-state index contributed by atoms with van der Waals surface area (Å²) in [5.41, 5.74) is 5.17. The van der Waals surface area contributed by atoms with Gasteiger partial charge in [-0.25, -0.2) is 0 Å². The molecule has 0 rings (SSSR count). The van der Waals surface area contributed by atoms with Crippen LogP contribution >= 0.6 is 0 Å². The lowest BCUT2D eigenvalue weighted by Crippen LogP contribution is -2.44. The van der Waals surface area contributed by atoms with Crippen molar-refractivity contribution in [2.24, 2.45) is 5.73 Å². The Kier molecular flexibility index (Phi) is 6.61. The quantitative estimate of drug-likeness (QED) is 0.580. The minimum Gasteiger partial charge on any atom is -0.385 e. The van der Waals surface area contributed by atoms with Gasteiger partial charge in [0.15, 0.2) is 0 Å². The molecule has 0 unspecified atom stereocenters. The van der Waals surface area contributed by atoms with E-state index in [0.717, 1.165) is 0 Å². The highest BCUT2D eigenvalue weighted by Gasteiger charge is 2.40. The summed E-state index contributed by atoms with van der Waals surface area (Å²) in [6, 6.07) is -0.0182. The lowest BCUT2D eigenvalue weighted by Gasteiger charge is -2.28. The SMILES string of the molecule is C[Si](CCCN)(OCC(F)(F)F)OCC(F)(F)F. The highest BCUT2D eigenvalue weighted by molar-refractivity contribution is 6.66. The van der Waals surface area contributed by atoms with Gasteiger partial charge >= 0.3 is 20.9 Å². The zero-order valence-electron chi connectivity index (χ0n) is 9.70. The van der Waals surface area contributed by atoms with Crippen LogP contribution in [0.5, 0.6) is 0 Å². The normalized spacial score (nSPS) is 14.0. The smallest absolute Gasteiger partial charge is 0.385 e. The third-order valence-corrected chi connectivity index (χ3v) is 4.69. The zero-order chi connectivity index (χ0) is 14.4. The molecule has 0 saturated heterocycles. The van der Waals surface area contributed by atoms with Gasteiger partial charge in [0.05, 0.1) is 0 Å². The van der Waals surface area contributed by atoms with Crippen LogP contribution in [-0.2, 0) is 8.85 Å². The summed E-state index contributed by atoms with van der Waals surface area (Å²) in [5, 5.41) is 0. The van der Waals surface area contributed by atoms with Gasteiger partial charge in [0.2, 0.25) is 0 Å². The van der Waals surface area contributed by atoms with Crippen molar-refractivity contribution in [3.05, 3.63) is 0 Å². The maximum Gasteiger partial charge on any atom is 0.410 e. The van der Waals surface area contributed by atoms with E-state index in [2.05, 4.69) is 8.85 Å². The fourth-order valence-electron chi connectivity index (χ4n) is 1.08. The fraction of sp³-hybridized carbons (Fsp3) is 1.00. The van der Waals surface area contributed by atoms with Gasteiger partial charge in [-0.1, -0.05) is 0 Å². The first kappa shape index (κ1) is 17.7. The molecule has 0 heterocycles. The number of nitrogens with two attached hydrogens (primary N) is 1. The molecule has 0 aliphatic carbocycles. The summed E-state index contributed by atoms with van der Waals surface area (Å²) in [7, 11) is -3.51. The molecule has 3 nitrogen and oxygen atoms in total. The standard InChI is InChI=1S/C8H15F6NO2Si/c1-18(4-2-3-15,16-5-7(9,10)11)17-6-8(12,13)14/h2-6,15H2,1H3. The van der Waals surface area contributed by atoms with Crippen LogP contribution in [0.3, 0.4) is 0 Å². The second-order valence-corrected chi connectivity index (χ2v) is 7.18. The molecule has 0 saturated carbocycles. The molecule has 0 aromatic heterocycles. The molecule has 0 radical (unpaired) electrons. The molecule has 0 aliphatic heterocycles. The van der Waals surface area contributed by atoms with Gasteiger partial charge in [0, 0.05) is 0 Å². The van der Waals surface area contributed by atoms with Crippen molar-refractivity contribution >= 4 is 8.56 Å². The Hall–Kier alpha value is -0.323. The molecule has 0 atom stereocenters. The van der Waals surface area contributed by atoms with Crippen LogP contribution in [0, 0.1) is 0 Å². The van der Waals surface area contributed by atoms with E-state index in [1.165, 1.54) is 6.55 Å². The summed E-state index contributed by atoms with van der Waals surface area (Å²) in [6.07, 6.45) is -8.95. The zero-order valence-corrected chi connectivity index (χ0v) is 10.7. The van der Waals surface area contributed by atoms with Crippen LogP contribution in [0.2, 0.25) is 12.6 Å². The number of halogens is 6. The van der Waals surface area contributed by atoms with Crippen LogP contribution in [-0.4, -0.2) is 40.7 Å². The first-order chi connectivity index (χ1) is 7.97. The number of alkyl halides is 6. The topological polar surface area (TPSA) is 44.5 Å². The van der Waals surface area contributed by atoms with E-state index in [0.29, 0.717) is 0 Å². The first-order valence-corrected chi connectivity index (χ1v) is 7.61. The molecule has 18 heavy (non-hydrogen) atoms. The van der Waals surface area contributed by atoms with Crippen molar-refractivity contribution in [2.45, 2.75) is 31.4 Å². The van der Waals surface area contributed by atoms with E-state index < -0.39 is 34.1 Å². The van der Waals surface area contributed by atoms with Crippen LogP contribution < -0.4 is 5.73 Å². The van der Waals surface area contributed by atoms with Crippen LogP contribution in [0.1, 0.15) is 6.42 Å². The molecule has 0 aromatic rings. The summed E-state index contributed by atoms with van der Waals surface area (Å²) >= 11 is 0. The largest absolute Gasteiger partial charge is 0.410 e. The number of rotatable bonds is 7. The number of hydrogen-bond acceptors (Lipinski definition) is 3. The molecule has 2 N–H and O–H groups in total. The third kappa shape index (κ3) is 9.68. The lowest BCUT2D eigenvalue weighted by atomic mass is 10.5. The second kappa shape index (κ2) is 6.73. The molecule has 0 spiro atoms. The average Bonchev–Trinajstić information content (AvgIpc) is 2.19. The minimum atomic E-state index is -4.60. The van der Waals surface area contributed by atoms with Gasteiger partial charge in [0.1, 0.15) is 13.2 Å². The third-order valence-electron chi connectivity index (χ3n) is 1.92. The van der Waals surface area contributed by atoms with Gasteiger partial charge < -0.3 is 14.6 Å². The Morgan fingerprint density at radius 3 is 1.61 bits per heavy atom. The molecule has 0 aliphatic rings. The molecule has 0 fully saturated rings. The number of hydrogen-bond donors (Lipinski definition) is 1. The minimum absolute atomic E-state index is 0.0182. The van der Waals surface area contributed by atoms with E-state index in [-0.39, 0.29) is 19.0 Å². The predicted octanol–water partition coefficient (Wildman–Crippen LogP) is 2.57. The molecule has 110 valence electrons.